The Balaban J connectivity index is 2.51. The summed E-state index contributed by atoms with van der Waals surface area (Å²) < 4.78 is 0. The maximum atomic E-state index is 5.24. The van der Waals surface area contributed by atoms with Gasteiger partial charge in [0.1, 0.15) is 7.85 Å². The molecule has 0 amide bonds. The minimum Gasteiger partial charge on any atom is -0.121 e. The van der Waals surface area contributed by atoms with E-state index in [9.17, 15) is 0 Å². The van der Waals surface area contributed by atoms with Gasteiger partial charge in [-0.25, -0.2) is 0 Å². The predicted octanol–water partition coefficient (Wildman–Crippen LogP) is 0.833. The van der Waals surface area contributed by atoms with Gasteiger partial charge in [0.25, 0.3) is 0 Å². The third kappa shape index (κ3) is 0.368. The Kier molecular flexibility index (Phi) is 0.535. The number of rotatable bonds is 0. The lowest BCUT2D eigenvalue weighted by molar-refractivity contribution is 0.937. The maximum Gasteiger partial charge on any atom is 0.107 e. The summed E-state index contributed by atoms with van der Waals surface area (Å²) >= 11 is 0. The van der Waals surface area contributed by atoms with Crippen LogP contribution in [0.4, 0.5) is 0 Å². The van der Waals surface area contributed by atoms with Crippen LogP contribution in [0.3, 0.4) is 0 Å². The third-order valence-electron chi connectivity index (χ3n) is 0.840. The highest BCUT2D eigenvalue weighted by atomic mass is 14.0. The Morgan fingerprint density at radius 3 is 2.20 bits per heavy atom. The standard InChI is InChI=1S/C4H5B/c5-4-2-1-3-4/h2H,1,3H2. The van der Waals surface area contributed by atoms with Crippen molar-refractivity contribution < 1.29 is 0 Å². The molecule has 0 aromatic carbocycles. The Morgan fingerprint density at radius 1 is 1.80 bits per heavy atom. The summed E-state index contributed by atoms with van der Waals surface area (Å²) in [6.07, 6.45) is 4.37. The molecular weight excluding hydrogens is 58.9 g/mol. The zero-order valence-electron chi connectivity index (χ0n) is 3.07. The van der Waals surface area contributed by atoms with Crippen LogP contribution >= 0.6 is 0 Å². The van der Waals surface area contributed by atoms with Gasteiger partial charge in [-0.05, 0) is 12.8 Å². The molecule has 0 atom stereocenters. The summed E-state index contributed by atoms with van der Waals surface area (Å²) in [7, 11) is 5.24. The minimum absolute atomic E-state index is 1.06. The lowest BCUT2D eigenvalue weighted by Crippen LogP contribution is -1.89. The monoisotopic (exact) mass is 64.0 g/mol. The summed E-state index contributed by atoms with van der Waals surface area (Å²) in [6, 6.07) is 0. The molecule has 0 bridgehead atoms. The normalized spacial score (nSPS) is 20.4. The van der Waals surface area contributed by atoms with Crippen molar-refractivity contribution in [1.82, 2.24) is 0 Å². The molecule has 0 saturated heterocycles. The first-order valence-electron chi connectivity index (χ1n) is 1.84. The van der Waals surface area contributed by atoms with Gasteiger partial charge in [-0.3, -0.25) is 0 Å². The van der Waals surface area contributed by atoms with Gasteiger partial charge in [-0.2, -0.15) is 0 Å². The first kappa shape index (κ1) is 3.01. The molecule has 0 saturated carbocycles. The van der Waals surface area contributed by atoms with Gasteiger partial charge in [0.05, 0.1) is 0 Å². The molecule has 0 aliphatic heterocycles. The van der Waals surface area contributed by atoms with Gasteiger partial charge in [0, 0.05) is 0 Å². The average Bonchev–Trinajstić information content (AvgIpc) is 1.30. The SMILES string of the molecule is [B]C1=CCC1. The highest BCUT2D eigenvalue weighted by Crippen LogP contribution is 2.11. The van der Waals surface area contributed by atoms with E-state index in [0.29, 0.717) is 0 Å². The summed E-state index contributed by atoms with van der Waals surface area (Å²) in [5, 5.41) is 0. The highest BCUT2D eigenvalue weighted by Gasteiger charge is 1.94. The van der Waals surface area contributed by atoms with E-state index in [1.165, 1.54) is 6.42 Å². The fraction of sp³-hybridized carbons (Fsp3) is 0.500. The maximum absolute atomic E-state index is 5.24. The summed E-state index contributed by atoms with van der Waals surface area (Å²) in [5.74, 6) is 0. The third-order valence-corrected chi connectivity index (χ3v) is 0.840. The fourth-order valence-corrected chi connectivity index (χ4v) is 0.311. The molecule has 5 heavy (non-hydrogen) atoms. The minimum atomic E-state index is 1.06. The van der Waals surface area contributed by atoms with Crippen LogP contribution in [0, 0.1) is 0 Å². The van der Waals surface area contributed by atoms with E-state index in [0.717, 1.165) is 11.9 Å². The van der Waals surface area contributed by atoms with Crippen LogP contribution in [0.2, 0.25) is 0 Å². The van der Waals surface area contributed by atoms with Gasteiger partial charge < -0.3 is 0 Å². The van der Waals surface area contributed by atoms with Crippen LogP contribution in [0.1, 0.15) is 12.8 Å². The van der Waals surface area contributed by atoms with E-state index >= 15 is 0 Å². The van der Waals surface area contributed by atoms with Crippen LogP contribution in [-0.4, -0.2) is 7.85 Å². The van der Waals surface area contributed by atoms with Crippen molar-refractivity contribution in [2.24, 2.45) is 0 Å². The van der Waals surface area contributed by atoms with Gasteiger partial charge >= 0.3 is 0 Å². The quantitative estimate of drug-likeness (QED) is 0.366. The molecular formula is C4H5B. The Morgan fingerprint density at radius 2 is 2.20 bits per heavy atom. The first-order chi connectivity index (χ1) is 2.39. The smallest absolute Gasteiger partial charge is 0.107 e. The molecule has 0 nitrogen and oxygen atoms in total. The molecule has 0 aromatic rings. The zero-order valence-corrected chi connectivity index (χ0v) is 3.07. The van der Waals surface area contributed by atoms with Crippen LogP contribution in [-0.2, 0) is 0 Å². The van der Waals surface area contributed by atoms with Gasteiger partial charge in [0.2, 0.25) is 0 Å². The largest absolute Gasteiger partial charge is 0.121 e. The van der Waals surface area contributed by atoms with E-state index in [1.54, 1.807) is 0 Å². The molecule has 1 aliphatic rings. The molecule has 0 N–H and O–H groups in total. The van der Waals surface area contributed by atoms with E-state index in [2.05, 4.69) is 0 Å². The highest BCUT2D eigenvalue weighted by molar-refractivity contribution is 6.22. The van der Waals surface area contributed by atoms with E-state index < -0.39 is 0 Å². The Bertz CT molecular complexity index is 64.0. The average molecular weight is 63.9 g/mol. The topological polar surface area (TPSA) is 0 Å². The molecule has 0 spiro atoms. The molecule has 1 rings (SSSR count). The number of hydrogen-bond acceptors (Lipinski definition) is 0. The predicted molar refractivity (Wildman–Crippen MR) is 23.1 cm³/mol. The second-order valence-corrected chi connectivity index (χ2v) is 1.32. The summed E-state index contributed by atoms with van der Waals surface area (Å²) in [6.45, 7) is 0. The van der Waals surface area contributed by atoms with Crippen molar-refractivity contribution in [3.8, 4) is 0 Å². The van der Waals surface area contributed by atoms with E-state index in [4.69, 9.17) is 7.85 Å². The molecule has 0 heterocycles. The molecule has 0 fully saturated rings. The molecule has 1 heteroatoms. The van der Waals surface area contributed by atoms with Crippen LogP contribution in [0.25, 0.3) is 0 Å². The molecule has 2 radical (unpaired) electrons. The van der Waals surface area contributed by atoms with Gasteiger partial charge in [-0.15, -0.1) is 5.47 Å². The van der Waals surface area contributed by atoms with Crippen molar-refractivity contribution in [3.05, 3.63) is 11.5 Å². The van der Waals surface area contributed by atoms with Crippen molar-refractivity contribution in [1.29, 1.82) is 0 Å². The molecule has 1 aliphatic carbocycles. The van der Waals surface area contributed by atoms with Crippen molar-refractivity contribution in [2.75, 3.05) is 0 Å². The second-order valence-electron chi connectivity index (χ2n) is 1.32. The lowest BCUT2D eigenvalue weighted by Gasteiger charge is -2.05. The van der Waals surface area contributed by atoms with Gasteiger partial charge in [-0.1, -0.05) is 6.08 Å². The van der Waals surface area contributed by atoms with Crippen LogP contribution < -0.4 is 0 Å². The molecule has 0 aromatic heterocycles. The summed E-state index contributed by atoms with van der Waals surface area (Å²) in [4.78, 5) is 0. The second kappa shape index (κ2) is 0.888. The fourth-order valence-electron chi connectivity index (χ4n) is 0.311. The van der Waals surface area contributed by atoms with Crippen molar-refractivity contribution >= 4 is 7.85 Å². The van der Waals surface area contributed by atoms with Gasteiger partial charge in [0.15, 0.2) is 0 Å². The first-order valence-corrected chi connectivity index (χ1v) is 1.84. The number of allylic oxidation sites excluding steroid dienone is 2. The molecule has 0 unspecified atom stereocenters. The summed E-state index contributed by atoms with van der Waals surface area (Å²) in [5.41, 5.74) is 1.06. The molecule has 24 valence electrons. The number of hydrogen-bond donors (Lipinski definition) is 0. The van der Waals surface area contributed by atoms with E-state index in [1.807, 2.05) is 6.08 Å². The Labute approximate surface area is 33.3 Å². The van der Waals surface area contributed by atoms with Crippen LogP contribution in [0.15, 0.2) is 11.5 Å². The van der Waals surface area contributed by atoms with Crippen molar-refractivity contribution in [3.63, 3.8) is 0 Å². The van der Waals surface area contributed by atoms with Crippen molar-refractivity contribution in [2.45, 2.75) is 12.8 Å². The van der Waals surface area contributed by atoms with Crippen LogP contribution in [0.5, 0.6) is 0 Å². The zero-order chi connectivity index (χ0) is 3.70. The Hall–Kier alpha value is -0.195. The van der Waals surface area contributed by atoms with E-state index in [-0.39, 0.29) is 0 Å². The lowest BCUT2D eigenvalue weighted by atomic mass is 9.83.